The summed E-state index contributed by atoms with van der Waals surface area (Å²) in [6.45, 7) is 0. The van der Waals surface area contributed by atoms with Gasteiger partial charge in [0, 0.05) is 10.8 Å². The zero-order valence-electron chi connectivity index (χ0n) is 29.6. The van der Waals surface area contributed by atoms with Crippen molar-refractivity contribution in [3.8, 4) is 22.3 Å². The smallest absolute Gasteiger partial charge is 0.139 e. The van der Waals surface area contributed by atoms with Crippen LogP contribution in [0.25, 0.3) is 87.3 Å². The molecule has 0 aliphatic carbocycles. The van der Waals surface area contributed by atoms with Crippen LogP contribution in [-0.4, -0.2) is 62.8 Å². The summed E-state index contributed by atoms with van der Waals surface area (Å²) in [6.07, 6.45) is 0. The maximum atomic E-state index is 6.50. The molecule has 49 heavy (non-hydrogen) atoms. The van der Waals surface area contributed by atoms with Crippen molar-refractivity contribution in [3.63, 3.8) is 0 Å². The molecule has 0 N–H and O–H groups in total. The fourth-order valence-electron chi connectivity index (χ4n) is 8.83. The van der Waals surface area contributed by atoms with Crippen LogP contribution in [0.15, 0.2) is 101 Å². The third-order valence-corrected chi connectivity index (χ3v) is 12.1. The first-order valence-electron chi connectivity index (χ1n) is 17.5. The molecule has 0 atom stereocenters. The average molecular weight is 615 g/mol. The molecule has 0 saturated heterocycles. The van der Waals surface area contributed by atoms with Crippen LogP contribution in [0.5, 0.6) is 0 Å². The Balaban J connectivity index is 1.56. The van der Waals surface area contributed by atoms with E-state index in [-0.39, 0.29) is 0 Å². The molecule has 0 unspecified atom stereocenters. The van der Waals surface area contributed by atoms with Gasteiger partial charge < -0.3 is 4.42 Å². The molecule has 0 aliphatic heterocycles. The summed E-state index contributed by atoms with van der Waals surface area (Å²) in [5, 5.41) is 12.8. The second kappa shape index (κ2) is 10.8. The minimum Gasteiger partial charge on any atom is -0.456 e. The molecule has 222 valence electrons. The van der Waals surface area contributed by atoms with E-state index in [0.717, 1.165) is 11.2 Å². The van der Waals surface area contributed by atoms with Gasteiger partial charge in [-0.15, -0.1) is 21.9 Å². The van der Waals surface area contributed by atoms with Gasteiger partial charge in [0.2, 0.25) is 0 Å². The van der Waals surface area contributed by atoms with Crippen LogP contribution >= 0.6 is 0 Å². The van der Waals surface area contributed by atoms with Crippen LogP contribution in [0, 0.1) is 0 Å². The van der Waals surface area contributed by atoms with Crippen molar-refractivity contribution in [1.29, 1.82) is 0 Å². The molecule has 0 saturated carbocycles. The lowest BCUT2D eigenvalue weighted by Crippen LogP contribution is -2.50. The Labute approximate surface area is 294 Å². The van der Waals surface area contributed by atoms with Gasteiger partial charge in [-0.05, 0) is 83.5 Å². The molecule has 0 amide bonds. The molecule has 0 bridgehead atoms. The summed E-state index contributed by atoms with van der Waals surface area (Å²) in [5.41, 5.74) is 18.0. The second-order valence-corrected chi connectivity index (χ2v) is 14.2. The van der Waals surface area contributed by atoms with Crippen molar-refractivity contribution in [1.82, 2.24) is 0 Å². The van der Waals surface area contributed by atoms with Crippen LogP contribution < -0.4 is 43.7 Å². The van der Waals surface area contributed by atoms with Gasteiger partial charge in [-0.1, -0.05) is 101 Å². The summed E-state index contributed by atoms with van der Waals surface area (Å²) in [4.78, 5) is 0. The predicted molar refractivity (Wildman–Crippen MR) is 240 cm³/mol. The van der Waals surface area contributed by atoms with Crippen molar-refractivity contribution in [3.05, 3.63) is 97.1 Å². The number of furan rings is 1. The highest BCUT2D eigenvalue weighted by Gasteiger charge is 2.26. The number of hydrogen-bond acceptors (Lipinski definition) is 1. The lowest BCUT2D eigenvalue weighted by atomic mass is 9.59. The largest absolute Gasteiger partial charge is 0.456 e. The number of rotatable bonds is 2. The molecule has 0 aliphatic rings. The number of benzene rings is 8. The van der Waals surface area contributed by atoms with Crippen molar-refractivity contribution >= 4 is 172 Å². The summed E-state index contributed by atoms with van der Waals surface area (Å²) >= 11 is 0. The van der Waals surface area contributed by atoms with Gasteiger partial charge in [-0.3, -0.25) is 0 Å². The Kier molecular flexibility index (Phi) is 6.66. The van der Waals surface area contributed by atoms with Crippen molar-refractivity contribution < 1.29 is 4.42 Å². The van der Waals surface area contributed by atoms with Gasteiger partial charge in [0.15, 0.2) is 0 Å². The first-order valence-corrected chi connectivity index (χ1v) is 17.5. The Morgan fingerprint density at radius 1 is 0.347 bits per heavy atom. The molecule has 0 spiro atoms. The Morgan fingerprint density at radius 3 is 1.45 bits per heavy atom. The third-order valence-electron chi connectivity index (χ3n) is 12.1. The van der Waals surface area contributed by atoms with Gasteiger partial charge in [-0.2, -0.15) is 0 Å². The Hall–Kier alpha value is -4.88. The highest BCUT2D eigenvalue weighted by Crippen LogP contribution is 2.44. The molecular formula is C40H32B8O. The molecule has 9 heteroatoms. The van der Waals surface area contributed by atoms with Gasteiger partial charge >= 0.3 is 0 Å². The fraction of sp³-hybridized carbons (Fsp3) is 0. The number of fused-ring (bicyclic) bond motifs is 8. The van der Waals surface area contributed by atoms with Crippen LogP contribution in [0.1, 0.15) is 0 Å². The Bertz CT molecular complexity index is 2840. The van der Waals surface area contributed by atoms with Crippen molar-refractivity contribution in [2.45, 2.75) is 0 Å². The van der Waals surface area contributed by atoms with E-state index in [1.54, 1.807) is 0 Å². The molecular weight excluding hydrogens is 583 g/mol. The molecule has 0 fully saturated rings. The quantitative estimate of drug-likeness (QED) is 0.156. The molecule has 9 rings (SSSR count). The van der Waals surface area contributed by atoms with Gasteiger partial charge in [0.05, 0.1) is 0 Å². The lowest BCUT2D eigenvalue weighted by Gasteiger charge is -2.28. The predicted octanol–water partition coefficient (Wildman–Crippen LogP) is -2.40. The second-order valence-electron chi connectivity index (χ2n) is 14.2. The summed E-state index contributed by atoms with van der Waals surface area (Å²) in [7, 11) is 18.6. The third kappa shape index (κ3) is 4.11. The van der Waals surface area contributed by atoms with E-state index in [2.05, 4.69) is 160 Å². The molecule has 0 radical (unpaired) electrons. The molecule has 8 aromatic carbocycles. The minimum absolute atomic E-state index is 0.927. The van der Waals surface area contributed by atoms with E-state index in [0.29, 0.717) is 0 Å². The summed E-state index contributed by atoms with van der Waals surface area (Å²) in [5.74, 6) is 0. The first kappa shape index (κ1) is 30.2. The van der Waals surface area contributed by atoms with Crippen LogP contribution in [0.2, 0.25) is 0 Å². The first-order chi connectivity index (χ1) is 23.7. The highest BCUT2D eigenvalue weighted by atomic mass is 16.3. The van der Waals surface area contributed by atoms with E-state index in [9.17, 15) is 0 Å². The van der Waals surface area contributed by atoms with Crippen LogP contribution in [0.4, 0.5) is 0 Å². The van der Waals surface area contributed by atoms with Gasteiger partial charge in [0.1, 0.15) is 73.9 Å². The molecule has 9 aromatic rings. The van der Waals surface area contributed by atoms with Crippen molar-refractivity contribution in [2.24, 2.45) is 0 Å². The molecule has 1 nitrogen and oxygen atoms in total. The maximum Gasteiger partial charge on any atom is 0.139 e. The zero-order valence-corrected chi connectivity index (χ0v) is 29.6. The van der Waals surface area contributed by atoms with Crippen LogP contribution in [-0.2, 0) is 0 Å². The normalized spacial score (nSPS) is 11.9. The zero-order chi connectivity index (χ0) is 33.9. The SMILES string of the molecule is Bc1c(B)c(B)c2c(-c3cccc4ccccc34)c3c(B)c(B)c(B)c(B)c3c(-c3ccc4oc5ccc6ccccc6c5c4c3)c2c1B. The van der Waals surface area contributed by atoms with Gasteiger partial charge in [-0.25, -0.2) is 0 Å². The minimum atomic E-state index is 0.927. The van der Waals surface area contributed by atoms with Crippen molar-refractivity contribution in [2.75, 3.05) is 0 Å². The summed E-state index contributed by atoms with van der Waals surface area (Å²) in [6, 6.07) is 35.6. The average Bonchev–Trinajstić information content (AvgIpc) is 3.51. The van der Waals surface area contributed by atoms with E-state index < -0.39 is 0 Å². The molecule has 1 heterocycles. The van der Waals surface area contributed by atoms with E-state index in [1.807, 2.05) is 0 Å². The fourth-order valence-corrected chi connectivity index (χ4v) is 8.83. The lowest BCUT2D eigenvalue weighted by molar-refractivity contribution is 0.669. The Morgan fingerprint density at radius 2 is 0.837 bits per heavy atom. The molecule has 1 aromatic heterocycles. The number of hydrogen-bond donors (Lipinski definition) is 0. The standard InChI is InChI=1S/C40H32B8O/c41-33-29-26(19-13-14-24-23(16-19)27-21-10-4-2-7-18(21)12-15-25(27)49-24)30-32(36(44)40(48)38(46)34(30)42)28(31(29)35(43)39(47)37(33)45)22-11-5-8-17-6-1-3-9-20(17)22/h1-16H,41-48H2. The maximum absolute atomic E-state index is 6.50. The monoisotopic (exact) mass is 616 g/mol. The topological polar surface area (TPSA) is 13.1 Å². The van der Waals surface area contributed by atoms with E-state index in [1.165, 1.54) is 120 Å². The highest BCUT2D eigenvalue weighted by molar-refractivity contribution is 6.71. The van der Waals surface area contributed by atoms with Gasteiger partial charge in [0.25, 0.3) is 0 Å². The van der Waals surface area contributed by atoms with Crippen LogP contribution in [0.3, 0.4) is 0 Å². The van der Waals surface area contributed by atoms with E-state index >= 15 is 0 Å². The van der Waals surface area contributed by atoms with E-state index in [4.69, 9.17) is 4.42 Å². The summed E-state index contributed by atoms with van der Waals surface area (Å²) < 4.78 is 6.50.